The van der Waals surface area contributed by atoms with Crippen LogP contribution >= 0.6 is 34.2 Å². The fourth-order valence-corrected chi connectivity index (χ4v) is 2.92. The number of hydrogen-bond donors (Lipinski definition) is 1. The van der Waals surface area contributed by atoms with Crippen molar-refractivity contribution in [2.45, 2.75) is 0 Å². The standard InChI is InChI=1S/C15H9ClINO/c16-12-5-2-6-13-14(12)11(8-18-13)15(19)9-3-1-4-10(17)7-9/h1-8,18H. The summed E-state index contributed by atoms with van der Waals surface area (Å²) in [6.07, 6.45) is 1.72. The fourth-order valence-electron chi connectivity index (χ4n) is 2.10. The summed E-state index contributed by atoms with van der Waals surface area (Å²) in [6, 6.07) is 13.1. The Morgan fingerprint density at radius 2 is 1.95 bits per heavy atom. The molecule has 0 bridgehead atoms. The Hall–Kier alpha value is -1.33. The van der Waals surface area contributed by atoms with Crippen LogP contribution in [0.15, 0.2) is 48.7 Å². The van der Waals surface area contributed by atoms with Gasteiger partial charge in [0.2, 0.25) is 0 Å². The smallest absolute Gasteiger partial charge is 0.195 e. The summed E-state index contributed by atoms with van der Waals surface area (Å²) in [5.74, 6) is -0.0159. The van der Waals surface area contributed by atoms with Crippen LogP contribution in [0.4, 0.5) is 0 Å². The molecule has 0 radical (unpaired) electrons. The first-order chi connectivity index (χ1) is 9.16. The number of halogens is 2. The van der Waals surface area contributed by atoms with Crippen molar-refractivity contribution in [3.05, 3.63) is 68.4 Å². The Kier molecular flexibility index (Phi) is 3.33. The van der Waals surface area contributed by atoms with E-state index in [0.717, 1.165) is 14.5 Å². The largest absolute Gasteiger partial charge is 0.360 e. The van der Waals surface area contributed by atoms with Crippen molar-refractivity contribution in [2.24, 2.45) is 0 Å². The van der Waals surface area contributed by atoms with E-state index in [-0.39, 0.29) is 5.78 Å². The van der Waals surface area contributed by atoms with Crippen molar-refractivity contribution >= 4 is 50.9 Å². The molecule has 3 rings (SSSR count). The van der Waals surface area contributed by atoms with Gasteiger partial charge in [0.1, 0.15) is 0 Å². The summed E-state index contributed by atoms with van der Waals surface area (Å²) in [5.41, 5.74) is 2.16. The average molecular weight is 382 g/mol. The van der Waals surface area contributed by atoms with Crippen LogP contribution in [0, 0.1) is 3.57 Å². The minimum atomic E-state index is -0.0159. The molecule has 0 fully saturated rings. The summed E-state index contributed by atoms with van der Waals surface area (Å²) >= 11 is 8.39. The first-order valence-corrected chi connectivity index (χ1v) is 7.18. The van der Waals surface area contributed by atoms with Gasteiger partial charge in [-0.2, -0.15) is 0 Å². The molecule has 0 aliphatic rings. The van der Waals surface area contributed by atoms with Gasteiger partial charge in [0.15, 0.2) is 5.78 Å². The van der Waals surface area contributed by atoms with Crippen LogP contribution in [0.5, 0.6) is 0 Å². The van der Waals surface area contributed by atoms with Gasteiger partial charge in [-0.1, -0.05) is 29.8 Å². The summed E-state index contributed by atoms with van der Waals surface area (Å²) in [5, 5.41) is 1.38. The Balaban J connectivity index is 2.17. The monoisotopic (exact) mass is 381 g/mol. The highest BCUT2D eigenvalue weighted by molar-refractivity contribution is 14.1. The van der Waals surface area contributed by atoms with E-state index in [2.05, 4.69) is 27.6 Å². The maximum atomic E-state index is 12.5. The fraction of sp³-hybridized carbons (Fsp3) is 0. The molecule has 0 saturated carbocycles. The van der Waals surface area contributed by atoms with E-state index in [0.29, 0.717) is 16.1 Å². The summed E-state index contributed by atoms with van der Waals surface area (Å²) in [7, 11) is 0. The van der Waals surface area contributed by atoms with Gasteiger partial charge in [0.05, 0.1) is 5.02 Å². The molecule has 0 saturated heterocycles. The van der Waals surface area contributed by atoms with Crippen molar-refractivity contribution < 1.29 is 4.79 Å². The second-order valence-electron chi connectivity index (χ2n) is 4.20. The number of aromatic amines is 1. The molecule has 0 aliphatic heterocycles. The van der Waals surface area contributed by atoms with Crippen LogP contribution in [-0.4, -0.2) is 10.8 Å². The number of aromatic nitrogens is 1. The van der Waals surface area contributed by atoms with Crippen molar-refractivity contribution in [3.63, 3.8) is 0 Å². The number of nitrogens with one attached hydrogen (secondary N) is 1. The molecule has 0 atom stereocenters. The van der Waals surface area contributed by atoms with E-state index in [9.17, 15) is 4.79 Å². The number of ketones is 1. The predicted molar refractivity (Wildman–Crippen MR) is 85.9 cm³/mol. The number of carbonyl (C=O) groups is 1. The third kappa shape index (κ3) is 2.28. The van der Waals surface area contributed by atoms with E-state index in [1.54, 1.807) is 12.3 Å². The van der Waals surface area contributed by atoms with Crippen LogP contribution < -0.4 is 0 Å². The van der Waals surface area contributed by atoms with Gasteiger partial charge < -0.3 is 4.98 Å². The van der Waals surface area contributed by atoms with Crippen molar-refractivity contribution in [2.75, 3.05) is 0 Å². The third-order valence-electron chi connectivity index (χ3n) is 2.99. The van der Waals surface area contributed by atoms with Gasteiger partial charge >= 0.3 is 0 Å². The van der Waals surface area contributed by atoms with E-state index < -0.39 is 0 Å². The topological polar surface area (TPSA) is 32.9 Å². The minimum Gasteiger partial charge on any atom is -0.360 e. The summed E-state index contributed by atoms with van der Waals surface area (Å²) in [4.78, 5) is 15.6. The highest BCUT2D eigenvalue weighted by atomic mass is 127. The molecule has 1 N–H and O–H groups in total. The lowest BCUT2D eigenvalue weighted by molar-refractivity contribution is 0.104. The first kappa shape index (κ1) is 12.7. The molecule has 3 aromatic rings. The Morgan fingerprint density at radius 1 is 1.16 bits per heavy atom. The van der Waals surface area contributed by atoms with Gasteiger partial charge in [0, 0.05) is 31.8 Å². The molecule has 2 nitrogen and oxygen atoms in total. The quantitative estimate of drug-likeness (QED) is 0.508. The molecule has 1 aromatic heterocycles. The van der Waals surface area contributed by atoms with E-state index >= 15 is 0 Å². The van der Waals surface area contributed by atoms with Crippen LogP contribution in [0.1, 0.15) is 15.9 Å². The van der Waals surface area contributed by atoms with Gasteiger partial charge in [0.25, 0.3) is 0 Å². The Morgan fingerprint density at radius 3 is 2.74 bits per heavy atom. The van der Waals surface area contributed by atoms with Gasteiger partial charge in [-0.05, 0) is 46.9 Å². The molecule has 0 spiro atoms. The highest BCUT2D eigenvalue weighted by Gasteiger charge is 2.16. The zero-order valence-electron chi connectivity index (χ0n) is 9.78. The second kappa shape index (κ2) is 4.98. The third-order valence-corrected chi connectivity index (χ3v) is 3.97. The van der Waals surface area contributed by atoms with E-state index in [4.69, 9.17) is 11.6 Å². The lowest BCUT2D eigenvalue weighted by Gasteiger charge is -2.01. The van der Waals surface area contributed by atoms with Crippen LogP contribution in [-0.2, 0) is 0 Å². The molecule has 94 valence electrons. The van der Waals surface area contributed by atoms with Crippen LogP contribution in [0.25, 0.3) is 10.9 Å². The molecule has 19 heavy (non-hydrogen) atoms. The molecule has 1 heterocycles. The van der Waals surface area contributed by atoms with Crippen molar-refractivity contribution in [1.29, 1.82) is 0 Å². The lowest BCUT2D eigenvalue weighted by Crippen LogP contribution is -2.00. The molecule has 4 heteroatoms. The number of hydrogen-bond acceptors (Lipinski definition) is 1. The van der Waals surface area contributed by atoms with E-state index in [1.807, 2.05) is 36.4 Å². The molecule has 0 aliphatic carbocycles. The first-order valence-electron chi connectivity index (χ1n) is 5.72. The summed E-state index contributed by atoms with van der Waals surface area (Å²) < 4.78 is 1.04. The van der Waals surface area contributed by atoms with Gasteiger partial charge in [-0.15, -0.1) is 0 Å². The molecule has 2 aromatic carbocycles. The van der Waals surface area contributed by atoms with Crippen molar-refractivity contribution in [3.8, 4) is 0 Å². The van der Waals surface area contributed by atoms with Crippen LogP contribution in [0.3, 0.4) is 0 Å². The minimum absolute atomic E-state index is 0.0159. The zero-order chi connectivity index (χ0) is 13.4. The molecular formula is C15H9ClINO. The van der Waals surface area contributed by atoms with Gasteiger partial charge in [-0.3, -0.25) is 4.79 Å². The average Bonchev–Trinajstić information content (AvgIpc) is 2.83. The zero-order valence-corrected chi connectivity index (χ0v) is 12.7. The molecule has 0 unspecified atom stereocenters. The molecular weight excluding hydrogens is 373 g/mol. The number of fused-ring (bicyclic) bond motifs is 1. The normalized spacial score (nSPS) is 10.8. The van der Waals surface area contributed by atoms with E-state index in [1.165, 1.54) is 0 Å². The highest BCUT2D eigenvalue weighted by Crippen LogP contribution is 2.28. The van der Waals surface area contributed by atoms with Crippen LogP contribution in [0.2, 0.25) is 5.02 Å². The predicted octanol–water partition coefficient (Wildman–Crippen LogP) is 4.66. The maximum Gasteiger partial charge on any atom is 0.195 e. The second-order valence-corrected chi connectivity index (χ2v) is 5.86. The number of benzene rings is 2. The Bertz CT molecular complexity index is 779. The van der Waals surface area contributed by atoms with Crippen molar-refractivity contribution in [1.82, 2.24) is 4.98 Å². The Labute approximate surface area is 128 Å². The summed E-state index contributed by atoms with van der Waals surface area (Å²) in [6.45, 7) is 0. The molecule has 0 amide bonds. The SMILES string of the molecule is O=C(c1cccc(I)c1)c1c[nH]c2cccc(Cl)c12. The maximum absolute atomic E-state index is 12.5. The number of carbonyl (C=O) groups excluding carboxylic acids is 1. The van der Waals surface area contributed by atoms with Gasteiger partial charge in [-0.25, -0.2) is 0 Å². The number of H-pyrrole nitrogens is 1. The lowest BCUT2D eigenvalue weighted by atomic mass is 10.0. The number of rotatable bonds is 2.